The zero-order valence-corrected chi connectivity index (χ0v) is 21.1. The van der Waals surface area contributed by atoms with Gasteiger partial charge in [-0.3, -0.25) is 10.2 Å². The van der Waals surface area contributed by atoms with Gasteiger partial charge in [0, 0.05) is 24.9 Å². The number of carbonyl (C=O) groups is 1. The molecule has 2 bridgehead atoms. The fraction of sp³-hybridized carbons (Fsp3) is 0.741. The van der Waals surface area contributed by atoms with Crippen LogP contribution in [-0.2, 0) is 4.74 Å². The average molecular weight is 460 g/mol. The van der Waals surface area contributed by atoms with E-state index in [-0.39, 0.29) is 12.2 Å². The smallest absolute Gasteiger partial charge is 0.412 e. The van der Waals surface area contributed by atoms with Crippen molar-refractivity contribution in [1.82, 2.24) is 4.90 Å². The van der Waals surface area contributed by atoms with Crippen LogP contribution in [0.25, 0.3) is 0 Å². The van der Waals surface area contributed by atoms with E-state index in [2.05, 4.69) is 24.1 Å². The van der Waals surface area contributed by atoms with Gasteiger partial charge in [-0.2, -0.15) is 0 Å². The monoisotopic (exact) mass is 459 g/mol. The maximum absolute atomic E-state index is 12.6. The van der Waals surface area contributed by atoms with E-state index in [1.165, 1.54) is 45.1 Å². The molecule has 2 aliphatic heterocycles. The number of hydrogen-bond acceptors (Lipinski definition) is 5. The molecule has 1 aromatic carbocycles. The number of fused-ring (bicyclic) bond motifs is 2. The van der Waals surface area contributed by atoms with Gasteiger partial charge in [-0.25, -0.2) is 4.79 Å². The number of amides is 1. The Labute approximate surface area is 200 Å². The van der Waals surface area contributed by atoms with Crippen LogP contribution in [0.2, 0.25) is 0 Å². The van der Waals surface area contributed by atoms with Crippen molar-refractivity contribution in [2.24, 2.45) is 17.6 Å². The zero-order valence-electron chi connectivity index (χ0n) is 21.1. The lowest BCUT2D eigenvalue weighted by Gasteiger charge is -2.48. The fourth-order valence-corrected chi connectivity index (χ4v) is 5.93. The first kappa shape index (κ1) is 25.8. The van der Waals surface area contributed by atoms with Crippen molar-refractivity contribution in [3.63, 3.8) is 0 Å². The number of ether oxygens (including phenoxy) is 2. The van der Waals surface area contributed by atoms with Gasteiger partial charge in [-0.15, -0.1) is 0 Å². The molecule has 2 heterocycles. The lowest BCUT2D eigenvalue weighted by Crippen LogP contribution is -2.54. The molecule has 0 aliphatic carbocycles. The largest absolute Gasteiger partial charge is 0.495 e. The van der Waals surface area contributed by atoms with Crippen LogP contribution < -0.4 is 15.8 Å². The summed E-state index contributed by atoms with van der Waals surface area (Å²) >= 11 is 0. The minimum Gasteiger partial charge on any atom is -0.495 e. The van der Waals surface area contributed by atoms with Crippen molar-refractivity contribution in [2.75, 3.05) is 25.5 Å². The fourth-order valence-electron chi connectivity index (χ4n) is 5.93. The van der Waals surface area contributed by atoms with Gasteiger partial charge < -0.3 is 15.2 Å². The molecule has 1 aromatic rings. The number of rotatable bonds is 11. The maximum atomic E-state index is 12.6. The lowest BCUT2D eigenvalue weighted by atomic mass is 9.82. The third-order valence-corrected chi connectivity index (χ3v) is 7.53. The number of anilines is 1. The normalized spacial score (nSPS) is 24.7. The molecule has 0 spiro atoms. The SMILES string of the molecule is COc1ccc(C)cc1NC(=O)OC1CC2CCCC(C1)N2CCCC(C)CC(C)CCN. The summed E-state index contributed by atoms with van der Waals surface area (Å²) in [4.78, 5) is 15.4. The number of nitrogens with zero attached hydrogens (tertiary/aromatic N) is 1. The number of nitrogens with two attached hydrogens (primary N) is 1. The molecule has 0 aromatic heterocycles. The van der Waals surface area contributed by atoms with Gasteiger partial charge in [-0.05, 0) is 88.1 Å². The molecule has 2 aliphatic rings. The first-order valence-corrected chi connectivity index (χ1v) is 13.0. The number of piperidine rings is 2. The molecule has 4 atom stereocenters. The topological polar surface area (TPSA) is 76.8 Å². The molecule has 0 radical (unpaired) electrons. The first-order valence-electron chi connectivity index (χ1n) is 13.0. The van der Waals surface area contributed by atoms with Crippen molar-refractivity contribution in [3.05, 3.63) is 23.8 Å². The van der Waals surface area contributed by atoms with Crippen LogP contribution in [0.4, 0.5) is 10.5 Å². The summed E-state index contributed by atoms with van der Waals surface area (Å²) in [6, 6.07) is 6.82. The van der Waals surface area contributed by atoms with Gasteiger partial charge in [0.15, 0.2) is 0 Å². The average Bonchev–Trinajstić information content (AvgIpc) is 2.74. The summed E-state index contributed by atoms with van der Waals surface area (Å²) in [5.74, 6) is 2.13. The Kier molecular flexibility index (Phi) is 9.87. The molecule has 33 heavy (non-hydrogen) atoms. The van der Waals surface area contributed by atoms with Gasteiger partial charge in [0.1, 0.15) is 11.9 Å². The predicted octanol–water partition coefficient (Wildman–Crippen LogP) is 5.73. The highest BCUT2D eigenvalue weighted by molar-refractivity contribution is 5.87. The number of hydrogen-bond donors (Lipinski definition) is 2. The van der Waals surface area contributed by atoms with Gasteiger partial charge in [0.05, 0.1) is 12.8 Å². The molecule has 2 saturated heterocycles. The zero-order chi connectivity index (χ0) is 23.8. The highest BCUT2D eigenvalue weighted by Crippen LogP contribution is 2.36. The number of benzene rings is 1. The van der Waals surface area contributed by atoms with Crippen LogP contribution in [0, 0.1) is 18.8 Å². The molecular formula is C27H45N3O3. The quantitative estimate of drug-likeness (QED) is 0.442. The van der Waals surface area contributed by atoms with Crippen LogP contribution in [0.3, 0.4) is 0 Å². The van der Waals surface area contributed by atoms with E-state index in [0.717, 1.165) is 43.2 Å². The van der Waals surface area contributed by atoms with Crippen molar-refractivity contribution in [3.8, 4) is 5.75 Å². The van der Waals surface area contributed by atoms with Crippen LogP contribution in [0.1, 0.15) is 77.2 Å². The Balaban J connectivity index is 1.47. The van der Waals surface area contributed by atoms with Gasteiger partial charge >= 0.3 is 6.09 Å². The Hall–Kier alpha value is -1.79. The summed E-state index contributed by atoms with van der Waals surface area (Å²) < 4.78 is 11.3. The lowest BCUT2D eigenvalue weighted by molar-refractivity contribution is -0.0312. The van der Waals surface area contributed by atoms with E-state index < -0.39 is 0 Å². The molecule has 3 N–H and O–H groups in total. The second-order valence-corrected chi connectivity index (χ2v) is 10.5. The van der Waals surface area contributed by atoms with Crippen molar-refractivity contribution in [1.29, 1.82) is 0 Å². The van der Waals surface area contributed by atoms with Crippen LogP contribution >= 0.6 is 0 Å². The third-order valence-electron chi connectivity index (χ3n) is 7.53. The second kappa shape index (κ2) is 12.6. The minimum absolute atomic E-state index is 0.0107. The number of carbonyl (C=O) groups excluding carboxylic acids is 1. The van der Waals surface area contributed by atoms with E-state index >= 15 is 0 Å². The number of aryl methyl sites for hydroxylation is 1. The molecule has 6 nitrogen and oxygen atoms in total. The van der Waals surface area contributed by atoms with Crippen LogP contribution in [-0.4, -0.2) is 49.4 Å². The molecule has 0 saturated carbocycles. The molecule has 4 unspecified atom stereocenters. The summed E-state index contributed by atoms with van der Waals surface area (Å²) in [5, 5.41) is 2.89. The van der Waals surface area contributed by atoms with Crippen LogP contribution in [0.15, 0.2) is 18.2 Å². The van der Waals surface area contributed by atoms with Gasteiger partial charge in [0.2, 0.25) is 0 Å². The Morgan fingerprint density at radius 2 is 1.88 bits per heavy atom. The minimum atomic E-state index is -0.379. The van der Waals surface area contributed by atoms with E-state index in [0.29, 0.717) is 23.5 Å². The summed E-state index contributed by atoms with van der Waals surface area (Å²) in [6.07, 6.45) is 10.2. The molecule has 2 fully saturated rings. The molecule has 3 rings (SSSR count). The van der Waals surface area contributed by atoms with Crippen molar-refractivity contribution < 1.29 is 14.3 Å². The predicted molar refractivity (Wildman–Crippen MR) is 135 cm³/mol. The molecule has 1 amide bonds. The number of nitrogens with one attached hydrogen (secondary N) is 1. The standard InChI is InChI=1S/C27H45N3O3/c1-19(15-21(3)12-13-28)7-6-14-30-22-8-5-9-23(30)18-24(17-22)33-27(31)29-25-16-20(2)10-11-26(25)32-4/h10-11,16,19,21-24H,5-9,12-15,17-18,28H2,1-4H3,(H,29,31). The van der Waals surface area contributed by atoms with E-state index in [1.54, 1.807) is 7.11 Å². The van der Waals surface area contributed by atoms with Gasteiger partial charge in [0.25, 0.3) is 0 Å². The van der Waals surface area contributed by atoms with E-state index in [9.17, 15) is 4.79 Å². The van der Waals surface area contributed by atoms with Crippen LogP contribution in [0.5, 0.6) is 5.75 Å². The summed E-state index contributed by atoms with van der Waals surface area (Å²) in [7, 11) is 1.61. The highest BCUT2D eigenvalue weighted by Gasteiger charge is 2.39. The molecule has 186 valence electrons. The Bertz CT molecular complexity index is 742. The van der Waals surface area contributed by atoms with Crippen molar-refractivity contribution >= 4 is 11.8 Å². The second-order valence-electron chi connectivity index (χ2n) is 10.5. The Morgan fingerprint density at radius 3 is 2.55 bits per heavy atom. The summed E-state index contributed by atoms with van der Waals surface area (Å²) in [5.41, 5.74) is 7.44. The Morgan fingerprint density at radius 1 is 1.18 bits per heavy atom. The first-order chi connectivity index (χ1) is 15.9. The van der Waals surface area contributed by atoms with E-state index in [1.807, 2.05) is 25.1 Å². The molecule has 6 heteroatoms. The van der Waals surface area contributed by atoms with E-state index in [4.69, 9.17) is 15.2 Å². The highest BCUT2D eigenvalue weighted by atomic mass is 16.6. The third kappa shape index (κ3) is 7.61. The van der Waals surface area contributed by atoms with Gasteiger partial charge in [-0.1, -0.05) is 26.3 Å². The molecular weight excluding hydrogens is 414 g/mol. The maximum Gasteiger partial charge on any atom is 0.412 e. The van der Waals surface area contributed by atoms with Crippen molar-refractivity contribution in [2.45, 2.75) is 96.7 Å². The number of methoxy groups -OCH3 is 1. The summed E-state index contributed by atoms with van der Waals surface area (Å²) in [6.45, 7) is 8.67.